The van der Waals surface area contributed by atoms with Gasteiger partial charge in [0.15, 0.2) is 0 Å². The average molecular weight is 463 g/mol. The number of rotatable bonds is 4. The zero-order valence-corrected chi connectivity index (χ0v) is 18.6. The molecule has 0 amide bonds. The molecule has 5 rings (SSSR count). The third-order valence-corrected chi connectivity index (χ3v) is 6.44. The third kappa shape index (κ3) is 4.50. The van der Waals surface area contributed by atoms with E-state index in [2.05, 4.69) is 23.2 Å². The summed E-state index contributed by atoms with van der Waals surface area (Å²) in [4.78, 5) is 39.5. The second-order valence-electron chi connectivity index (χ2n) is 7.46. The lowest BCUT2D eigenvalue weighted by molar-refractivity contribution is 0.0701. The Morgan fingerprint density at radius 3 is 2.55 bits per heavy atom. The van der Waals surface area contributed by atoms with Crippen molar-refractivity contribution in [2.24, 2.45) is 5.73 Å². The molecule has 2 aromatic carbocycles. The van der Waals surface area contributed by atoms with Gasteiger partial charge in [0.1, 0.15) is 9.71 Å². The molecule has 3 heterocycles. The Bertz CT molecular complexity index is 1560. The number of aromatic carboxylic acids is 1. The number of hydrogen-bond donors (Lipinski definition) is 3. The van der Waals surface area contributed by atoms with Gasteiger partial charge in [-0.25, -0.2) is 9.59 Å². The Morgan fingerprint density at radius 1 is 1.09 bits per heavy atom. The summed E-state index contributed by atoms with van der Waals surface area (Å²) in [5.74, 6) is -1.12. The third-order valence-electron chi connectivity index (χ3n) is 5.24. The number of benzene rings is 2. The summed E-state index contributed by atoms with van der Waals surface area (Å²) in [5, 5.41) is 10.3. The lowest BCUT2D eigenvalue weighted by atomic mass is 10.1. The van der Waals surface area contributed by atoms with Gasteiger partial charge in [0.2, 0.25) is 0 Å². The quantitative estimate of drug-likeness (QED) is 0.379. The lowest BCUT2D eigenvalue weighted by Crippen LogP contribution is -2.38. The summed E-state index contributed by atoms with van der Waals surface area (Å²) in [5.41, 5.74) is 8.12. The van der Waals surface area contributed by atoms with E-state index in [0.29, 0.717) is 16.9 Å². The highest BCUT2D eigenvalue weighted by atomic mass is 32.1. The Kier molecular flexibility index (Phi) is 6.25. The number of carboxylic acids is 1. The van der Waals surface area contributed by atoms with Gasteiger partial charge < -0.3 is 15.8 Å². The number of nitrogens with two attached hydrogens (primary N) is 1. The average Bonchev–Trinajstić information content (AvgIpc) is 3.48. The van der Waals surface area contributed by atoms with Crippen LogP contribution in [0.25, 0.3) is 15.7 Å². The molecule has 0 radical (unpaired) electrons. The highest BCUT2D eigenvalue weighted by Gasteiger charge is 2.16. The van der Waals surface area contributed by atoms with Crippen LogP contribution in [0.4, 0.5) is 0 Å². The van der Waals surface area contributed by atoms with Crippen LogP contribution in [0.5, 0.6) is 0 Å². The molecule has 33 heavy (non-hydrogen) atoms. The van der Waals surface area contributed by atoms with Crippen LogP contribution in [0, 0.1) is 6.92 Å². The monoisotopic (exact) mass is 462 g/mol. The SMILES string of the molecule is Cc1c(=O)n(Cc2ccccc2)c(=O)n2cc(C(=O)O)sc12.NCc1ccc2[nH]ccc2c1. The van der Waals surface area contributed by atoms with E-state index in [1.165, 1.54) is 27.1 Å². The van der Waals surface area contributed by atoms with Gasteiger partial charge in [-0.3, -0.25) is 13.8 Å². The van der Waals surface area contributed by atoms with Crippen LogP contribution in [0.3, 0.4) is 0 Å². The first-order valence-corrected chi connectivity index (χ1v) is 11.0. The molecule has 168 valence electrons. The number of thiazole rings is 1. The second kappa shape index (κ2) is 9.27. The number of nitrogens with one attached hydrogen (secondary N) is 1. The number of aromatic nitrogens is 3. The van der Waals surface area contributed by atoms with Crippen LogP contribution in [0.2, 0.25) is 0 Å². The standard InChI is InChI=1S/C15H12N2O4S.C9H10N2/c1-9-12(18)16(7-10-5-3-2-4-6-10)15(21)17-8-11(14(19)20)22-13(9)17;10-6-7-1-2-9-8(5-7)3-4-11-9/h2-6,8H,7H2,1H3,(H,19,20);1-5,11H,6,10H2. The molecular weight excluding hydrogens is 440 g/mol. The zero-order chi connectivity index (χ0) is 23.5. The maximum Gasteiger partial charge on any atom is 0.347 e. The first-order valence-electron chi connectivity index (χ1n) is 10.2. The molecule has 5 aromatic rings. The molecule has 9 heteroatoms. The predicted molar refractivity (Wildman–Crippen MR) is 129 cm³/mol. The van der Waals surface area contributed by atoms with E-state index in [4.69, 9.17) is 10.8 Å². The highest BCUT2D eigenvalue weighted by molar-refractivity contribution is 7.19. The van der Waals surface area contributed by atoms with Crippen molar-refractivity contribution in [1.82, 2.24) is 14.0 Å². The fourth-order valence-electron chi connectivity index (χ4n) is 3.50. The lowest BCUT2D eigenvalue weighted by Gasteiger charge is -2.07. The van der Waals surface area contributed by atoms with Crippen LogP contribution in [-0.2, 0) is 13.1 Å². The van der Waals surface area contributed by atoms with Crippen molar-refractivity contribution in [3.63, 3.8) is 0 Å². The fraction of sp³-hybridized carbons (Fsp3) is 0.125. The number of carboxylic acid groups (broad SMARTS) is 1. The van der Waals surface area contributed by atoms with Gasteiger partial charge in [-0.2, -0.15) is 0 Å². The second-order valence-corrected chi connectivity index (χ2v) is 8.49. The van der Waals surface area contributed by atoms with E-state index in [1.54, 1.807) is 6.92 Å². The van der Waals surface area contributed by atoms with E-state index in [-0.39, 0.29) is 11.4 Å². The zero-order valence-electron chi connectivity index (χ0n) is 17.8. The largest absolute Gasteiger partial charge is 0.477 e. The maximum absolute atomic E-state index is 12.5. The van der Waals surface area contributed by atoms with Crippen LogP contribution >= 0.6 is 11.3 Å². The molecule has 0 fully saturated rings. The Balaban J connectivity index is 0.000000196. The number of nitrogens with zero attached hydrogens (tertiary/aromatic N) is 2. The van der Waals surface area contributed by atoms with Gasteiger partial charge in [0, 0.05) is 30.0 Å². The Hall–Kier alpha value is -3.95. The van der Waals surface area contributed by atoms with Crippen molar-refractivity contribution in [1.29, 1.82) is 0 Å². The number of carbonyl (C=O) groups is 1. The van der Waals surface area contributed by atoms with Gasteiger partial charge in [-0.1, -0.05) is 36.4 Å². The minimum Gasteiger partial charge on any atom is -0.477 e. The topological polar surface area (TPSA) is 123 Å². The first kappa shape index (κ1) is 22.3. The van der Waals surface area contributed by atoms with Gasteiger partial charge in [-0.15, -0.1) is 11.3 Å². The molecule has 0 saturated carbocycles. The van der Waals surface area contributed by atoms with E-state index in [1.807, 2.05) is 42.6 Å². The summed E-state index contributed by atoms with van der Waals surface area (Å²) in [6, 6.07) is 17.4. The summed E-state index contributed by atoms with van der Waals surface area (Å²) in [7, 11) is 0. The van der Waals surface area contributed by atoms with Gasteiger partial charge in [0.25, 0.3) is 5.56 Å². The molecule has 0 atom stereocenters. The van der Waals surface area contributed by atoms with E-state index < -0.39 is 17.2 Å². The Labute approximate surface area is 192 Å². The molecule has 0 aliphatic rings. The molecule has 8 nitrogen and oxygen atoms in total. The minimum absolute atomic E-state index is 0.0251. The Morgan fingerprint density at radius 2 is 1.85 bits per heavy atom. The molecule has 0 spiro atoms. The predicted octanol–water partition coefficient (Wildman–Crippen LogP) is 3.20. The maximum atomic E-state index is 12.5. The molecule has 0 unspecified atom stereocenters. The number of aromatic amines is 1. The van der Waals surface area contributed by atoms with Gasteiger partial charge in [0.05, 0.1) is 6.54 Å². The molecule has 0 aliphatic carbocycles. The number of fused-ring (bicyclic) bond motifs is 2. The van der Waals surface area contributed by atoms with Crippen molar-refractivity contribution in [3.8, 4) is 0 Å². The van der Waals surface area contributed by atoms with Crippen molar-refractivity contribution in [3.05, 3.63) is 109 Å². The van der Waals surface area contributed by atoms with Gasteiger partial charge in [-0.05, 0) is 41.6 Å². The smallest absolute Gasteiger partial charge is 0.347 e. The highest BCUT2D eigenvalue weighted by Crippen LogP contribution is 2.18. The summed E-state index contributed by atoms with van der Waals surface area (Å²) < 4.78 is 2.35. The van der Waals surface area contributed by atoms with Crippen LogP contribution < -0.4 is 17.0 Å². The van der Waals surface area contributed by atoms with Crippen molar-refractivity contribution >= 4 is 33.0 Å². The van der Waals surface area contributed by atoms with E-state index in [0.717, 1.165) is 21.5 Å². The van der Waals surface area contributed by atoms with Crippen molar-refractivity contribution in [2.45, 2.75) is 20.0 Å². The molecule has 4 N–H and O–H groups in total. The normalized spacial score (nSPS) is 10.8. The minimum atomic E-state index is -1.12. The molecule has 3 aromatic heterocycles. The molecular formula is C24H22N4O4S. The van der Waals surface area contributed by atoms with Crippen LogP contribution in [-0.4, -0.2) is 25.0 Å². The molecule has 0 bridgehead atoms. The summed E-state index contributed by atoms with van der Waals surface area (Å²) in [6.07, 6.45) is 3.20. The summed E-state index contributed by atoms with van der Waals surface area (Å²) in [6.45, 7) is 2.36. The number of hydrogen-bond acceptors (Lipinski definition) is 5. The van der Waals surface area contributed by atoms with Crippen molar-refractivity contribution in [2.75, 3.05) is 0 Å². The van der Waals surface area contributed by atoms with Gasteiger partial charge >= 0.3 is 11.7 Å². The first-order chi connectivity index (χ1) is 15.9. The van der Waals surface area contributed by atoms with E-state index in [9.17, 15) is 14.4 Å². The fourth-order valence-corrected chi connectivity index (χ4v) is 4.42. The molecule has 0 saturated heterocycles. The van der Waals surface area contributed by atoms with Crippen LogP contribution in [0.15, 0.2) is 76.6 Å². The van der Waals surface area contributed by atoms with E-state index >= 15 is 0 Å². The number of aryl methyl sites for hydroxylation is 1. The number of H-pyrrole nitrogens is 1. The molecule has 0 aliphatic heterocycles. The summed E-state index contributed by atoms with van der Waals surface area (Å²) >= 11 is 0.925. The van der Waals surface area contributed by atoms with Crippen LogP contribution in [0.1, 0.15) is 26.4 Å². The van der Waals surface area contributed by atoms with Crippen molar-refractivity contribution < 1.29 is 9.90 Å².